The van der Waals surface area contributed by atoms with Crippen molar-refractivity contribution in [1.29, 1.82) is 0 Å². The van der Waals surface area contributed by atoms with Crippen molar-refractivity contribution in [2.45, 2.75) is 19.9 Å². The summed E-state index contributed by atoms with van der Waals surface area (Å²) in [6.45, 7) is 3.51. The van der Waals surface area contributed by atoms with E-state index in [0.29, 0.717) is 22.9 Å². The van der Waals surface area contributed by atoms with Gasteiger partial charge in [-0.15, -0.1) is 0 Å². The fourth-order valence-corrected chi connectivity index (χ4v) is 2.30. The molecule has 0 unspecified atom stereocenters. The van der Waals surface area contributed by atoms with Gasteiger partial charge in [-0.05, 0) is 42.3 Å². The molecular formula is C17H19ClFNO. The highest BCUT2D eigenvalue weighted by molar-refractivity contribution is 6.32. The molecule has 2 nitrogen and oxygen atoms in total. The van der Waals surface area contributed by atoms with Crippen molar-refractivity contribution in [3.63, 3.8) is 0 Å². The zero-order valence-electron chi connectivity index (χ0n) is 12.2. The van der Waals surface area contributed by atoms with Crippen LogP contribution in [0, 0.1) is 5.82 Å². The van der Waals surface area contributed by atoms with Crippen LogP contribution in [-0.4, -0.2) is 13.7 Å². The molecule has 2 rings (SSSR count). The minimum absolute atomic E-state index is 0.204. The number of methoxy groups -OCH3 is 1. The molecule has 0 amide bonds. The number of nitrogens with one attached hydrogen (secondary N) is 1. The molecule has 0 aromatic heterocycles. The van der Waals surface area contributed by atoms with Crippen LogP contribution < -0.4 is 10.1 Å². The van der Waals surface area contributed by atoms with E-state index in [2.05, 4.69) is 12.2 Å². The molecule has 21 heavy (non-hydrogen) atoms. The van der Waals surface area contributed by atoms with Gasteiger partial charge in [-0.1, -0.05) is 36.7 Å². The first-order chi connectivity index (χ1) is 10.2. The van der Waals surface area contributed by atoms with Crippen LogP contribution in [0.4, 0.5) is 4.39 Å². The van der Waals surface area contributed by atoms with Crippen LogP contribution in [0.3, 0.4) is 0 Å². The first-order valence-corrected chi connectivity index (χ1v) is 7.36. The first-order valence-electron chi connectivity index (χ1n) is 6.98. The molecule has 0 atom stereocenters. The highest BCUT2D eigenvalue weighted by atomic mass is 35.5. The molecule has 0 radical (unpaired) electrons. The second-order valence-corrected chi connectivity index (χ2v) is 5.24. The Hall–Kier alpha value is -1.58. The van der Waals surface area contributed by atoms with Gasteiger partial charge in [0, 0.05) is 12.1 Å². The van der Waals surface area contributed by atoms with Gasteiger partial charge in [0.1, 0.15) is 11.6 Å². The SMILES string of the molecule is CCCNCc1ccc(-c2ccc(Cl)c(OC)c2)cc1F. The Labute approximate surface area is 129 Å². The summed E-state index contributed by atoms with van der Waals surface area (Å²) in [5, 5.41) is 3.74. The number of rotatable bonds is 6. The molecule has 4 heteroatoms. The Balaban J connectivity index is 2.23. The maximum Gasteiger partial charge on any atom is 0.138 e. The third-order valence-electron chi connectivity index (χ3n) is 3.28. The summed E-state index contributed by atoms with van der Waals surface area (Å²) in [7, 11) is 1.56. The average Bonchev–Trinajstić information content (AvgIpc) is 2.49. The van der Waals surface area contributed by atoms with E-state index in [1.54, 1.807) is 19.2 Å². The highest BCUT2D eigenvalue weighted by Crippen LogP contribution is 2.31. The smallest absolute Gasteiger partial charge is 0.138 e. The molecule has 2 aromatic carbocycles. The van der Waals surface area contributed by atoms with Gasteiger partial charge in [0.15, 0.2) is 0 Å². The van der Waals surface area contributed by atoms with Crippen LogP contribution in [0.15, 0.2) is 36.4 Å². The predicted molar refractivity (Wildman–Crippen MR) is 85.4 cm³/mol. The Morgan fingerprint density at radius 2 is 1.86 bits per heavy atom. The number of halogens is 2. The Bertz CT molecular complexity index is 616. The molecule has 0 spiro atoms. The van der Waals surface area contributed by atoms with Crippen LogP contribution in [0.25, 0.3) is 11.1 Å². The van der Waals surface area contributed by atoms with Crippen LogP contribution in [0.5, 0.6) is 5.75 Å². The molecule has 112 valence electrons. The number of hydrogen-bond donors (Lipinski definition) is 1. The van der Waals surface area contributed by atoms with E-state index in [9.17, 15) is 4.39 Å². The Morgan fingerprint density at radius 3 is 2.52 bits per heavy atom. The quantitative estimate of drug-likeness (QED) is 0.784. The Kier molecular flexibility index (Phi) is 5.59. The zero-order valence-corrected chi connectivity index (χ0v) is 13.0. The van der Waals surface area contributed by atoms with E-state index in [1.165, 1.54) is 0 Å². The van der Waals surface area contributed by atoms with Gasteiger partial charge >= 0.3 is 0 Å². The third-order valence-corrected chi connectivity index (χ3v) is 3.59. The molecule has 0 bridgehead atoms. The van der Waals surface area contributed by atoms with Crippen molar-refractivity contribution in [1.82, 2.24) is 5.32 Å². The van der Waals surface area contributed by atoms with Gasteiger partial charge in [0.25, 0.3) is 0 Å². The van der Waals surface area contributed by atoms with Gasteiger partial charge in [0.05, 0.1) is 12.1 Å². The highest BCUT2D eigenvalue weighted by Gasteiger charge is 2.07. The topological polar surface area (TPSA) is 21.3 Å². The largest absolute Gasteiger partial charge is 0.495 e. The van der Waals surface area contributed by atoms with E-state index in [1.807, 2.05) is 24.3 Å². The Morgan fingerprint density at radius 1 is 1.14 bits per heavy atom. The van der Waals surface area contributed by atoms with Gasteiger partial charge in [-0.2, -0.15) is 0 Å². The fraction of sp³-hybridized carbons (Fsp3) is 0.294. The minimum Gasteiger partial charge on any atom is -0.495 e. The molecule has 0 fully saturated rings. The third kappa shape index (κ3) is 3.96. The summed E-state index contributed by atoms with van der Waals surface area (Å²) >= 11 is 6.00. The zero-order chi connectivity index (χ0) is 15.2. The van der Waals surface area contributed by atoms with Crippen molar-refractivity contribution in [3.8, 4) is 16.9 Å². The van der Waals surface area contributed by atoms with Gasteiger partial charge < -0.3 is 10.1 Å². The monoisotopic (exact) mass is 307 g/mol. The summed E-state index contributed by atoms with van der Waals surface area (Å²) in [5.74, 6) is 0.383. The maximum absolute atomic E-state index is 14.1. The molecule has 0 aliphatic heterocycles. The lowest BCUT2D eigenvalue weighted by Gasteiger charge is -2.09. The summed E-state index contributed by atoms with van der Waals surface area (Å²) in [5.41, 5.74) is 2.36. The van der Waals surface area contributed by atoms with Crippen molar-refractivity contribution in [2.75, 3.05) is 13.7 Å². The first kappa shape index (κ1) is 15.8. The van der Waals surface area contributed by atoms with Crippen molar-refractivity contribution in [3.05, 3.63) is 52.8 Å². The lowest BCUT2D eigenvalue weighted by Crippen LogP contribution is -2.14. The van der Waals surface area contributed by atoms with Crippen molar-refractivity contribution in [2.24, 2.45) is 0 Å². The van der Waals surface area contributed by atoms with Gasteiger partial charge in [-0.25, -0.2) is 4.39 Å². The van der Waals surface area contributed by atoms with E-state index in [4.69, 9.17) is 16.3 Å². The number of benzene rings is 2. The van der Waals surface area contributed by atoms with E-state index in [0.717, 1.165) is 24.1 Å². The van der Waals surface area contributed by atoms with Crippen molar-refractivity contribution < 1.29 is 9.13 Å². The van der Waals surface area contributed by atoms with Crippen LogP contribution in [0.1, 0.15) is 18.9 Å². The second kappa shape index (κ2) is 7.43. The lowest BCUT2D eigenvalue weighted by atomic mass is 10.0. The summed E-state index contributed by atoms with van der Waals surface area (Å²) < 4.78 is 19.3. The molecular weight excluding hydrogens is 289 g/mol. The molecule has 2 aromatic rings. The second-order valence-electron chi connectivity index (χ2n) is 4.83. The van der Waals surface area contributed by atoms with E-state index in [-0.39, 0.29) is 5.82 Å². The van der Waals surface area contributed by atoms with Gasteiger partial charge in [0.2, 0.25) is 0 Å². The van der Waals surface area contributed by atoms with Gasteiger partial charge in [-0.3, -0.25) is 0 Å². The van der Waals surface area contributed by atoms with Crippen molar-refractivity contribution >= 4 is 11.6 Å². The average molecular weight is 308 g/mol. The molecule has 0 saturated heterocycles. The van der Waals surface area contributed by atoms with E-state index >= 15 is 0 Å². The molecule has 1 N–H and O–H groups in total. The molecule has 0 aliphatic carbocycles. The molecule has 0 heterocycles. The normalized spacial score (nSPS) is 10.7. The van der Waals surface area contributed by atoms with E-state index < -0.39 is 0 Å². The lowest BCUT2D eigenvalue weighted by molar-refractivity contribution is 0.415. The maximum atomic E-state index is 14.1. The summed E-state index contributed by atoms with van der Waals surface area (Å²) in [6.07, 6.45) is 1.03. The molecule has 0 aliphatic rings. The summed E-state index contributed by atoms with van der Waals surface area (Å²) in [4.78, 5) is 0. The number of ether oxygens (including phenoxy) is 1. The fourth-order valence-electron chi connectivity index (χ4n) is 2.11. The predicted octanol–water partition coefficient (Wildman–Crippen LogP) is 4.65. The van der Waals surface area contributed by atoms with Crippen LogP contribution in [0.2, 0.25) is 5.02 Å². The van der Waals surface area contributed by atoms with Crippen LogP contribution >= 0.6 is 11.6 Å². The molecule has 0 saturated carbocycles. The summed E-state index contributed by atoms with van der Waals surface area (Å²) in [6, 6.07) is 10.7. The number of hydrogen-bond acceptors (Lipinski definition) is 2. The minimum atomic E-state index is -0.204. The standard InChI is InChI=1S/C17H19ClFNO/c1-3-8-20-11-14-5-4-12(9-16(14)19)13-6-7-15(18)17(10-13)21-2/h4-7,9-10,20H,3,8,11H2,1-2H3. The van der Waals surface area contributed by atoms with Crippen LogP contribution in [-0.2, 0) is 6.54 Å².